The third-order valence-electron chi connectivity index (χ3n) is 1.55. The van der Waals surface area contributed by atoms with Gasteiger partial charge in [-0.1, -0.05) is 0 Å². The first-order valence-corrected chi connectivity index (χ1v) is 3.27. The van der Waals surface area contributed by atoms with Gasteiger partial charge < -0.3 is 9.94 Å². The van der Waals surface area contributed by atoms with Crippen molar-refractivity contribution in [2.24, 2.45) is 5.92 Å². The van der Waals surface area contributed by atoms with Crippen molar-refractivity contribution in [3.05, 3.63) is 0 Å². The molecule has 0 aromatic heterocycles. The smallest absolute Gasteiger partial charge is 0.0508 e. The van der Waals surface area contributed by atoms with Crippen molar-refractivity contribution in [3.8, 4) is 0 Å². The lowest BCUT2D eigenvalue weighted by Crippen LogP contribution is -2.22. The van der Waals surface area contributed by atoms with Crippen LogP contribution in [-0.2, 0) is 4.74 Å². The Balaban J connectivity index is 2.11. The Morgan fingerprint density at radius 1 is 1.78 bits per heavy atom. The van der Waals surface area contributed by atoms with Gasteiger partial charge in [-0.15, -0.1) is 0 Å². The highest BCUT2D eigenvalue weighted by molar-refractivity contribution is 4.64. The van der Waals surface area contributed by atoms with Crippen molar-refractivity contribution in [3.63, 3.8) is 0 Å². The van der Waals surface area contributed by atoms with Crippen LogP contribution in [0.2, 0.25) is 0 Å². The lowest BCUT2D eigenvalue weighted by atomic mass is 10.1. The molecule has 1 aliphatic rings. The zero-order chi connectivity index (χ0) is 6.69. The molecule has 3 nitrogen and oxygen atoms in total. The van der Waals surface area contributed by atoms with Gasteiger partial charge in [0.05, 0.1) is 6.61 Å². The molecule has 0 aromatic carbocycles. The first kappa shape index (κ1) is 6.99. The van der Waals surface area contributed by atoms with Crippen LogP contribution in [0.1, 0.15) is 6.42 Å². The second-order valence-corrected chi connectivity index (χ2v) is 2.57. The summed E-state index contributed by atoms with van der Waals surface area (Å²) in [4.78, 5) is 0. The standard InChI is InChI=1S/C6H13NO2/c1-7(8)4-6-2-3-9-5-6/h6,8H,2-5H2,1H3. The van der Waals surface area contributed by atoms with Crippen molar-refractivity contribution in [2.45, 2.75) is 6.42 Å². The molecule has 9 heavy (non-hydrogen) atoms. The third-order valence-corrected chi connectivity index (χ3v) is 1.55. The van der Waals surface area contributed by atoms with Crippen LogP contribution < -0.4 is 0 Å². The average Bonchev–Trinajstić information content (AvgIpc) is 2.15. The summed E-state index contributed by atoms with van der Waals surface area (Å²) in [5.74, 6) is 0.542. The summed E-state index contributed by atoms with van der Waals surface area (Å²) < 4.78 is 5.12. The van der Waals surface area contributed by atoms with Crippen LogP contribution in [-0.4, -0.2) is 37.1 Å². The van der Waals surface area contributed by atoms with Gasteiger partial charge in [0.2, 0.25) is 0 Å². The van der Waals surface area contributed by atoms with Gasteiger partial charge in [-0.05, 0) is 12.3 Å². The van der Waals surface area contributed by atoms with E-state index in [9.17, 15) is 0 Å². The number of hydrogen-bond donors (Lipinski definition) is 1. The summed E-state index contributed by atoms with van der Waals surface area (Å²) in [5.41, 5.74) is 0. The molecule has 1 atom stereocenters. The van der Waals surface area contributed by atoms with Gasteiger partial charge in [-0.2, -0.15) is 5.06 Å². The molecule has 1 heterocycles. The van der Waals surface area contributed by atoms with Crippen LogP contribution >= 0.6 is 0 Å². The Kier molecular flexibility index (Phi) is 2.45. The van der Waals surface area contributed by atoms with Crippen LogP contribution in [0.5, 0.6) is 0 Å². The zero-order valence-corrected chi connectivity index (χ0v) is 5.71. The van der Waals surface area contributed by atoms with Gasteiger partial charge in [0.25, 0.3) is 0 Å². The van der Waals surface area contributed by atoms with E-state index in [1.165, 1.54) is 5.06 Å². The molecule has 1 saturated heterocycles. The van der Waals surface area contributed by atoms with Gasteiger partial charge >= 0.3 is 0 Å². The van der Waals surface area contributed by atoms with Crippen molar-refractivity contribution >= 4 is 0 Å². The van der Waals surface area contributed by atoms with Crippen molar-refractivity contribution in [2.75, 3.05) is 26.8 Å². The maximum atomic E-state index is 8.79. The molecule has 1 unspecified atom stereocenters. The molecule has 0 spiro atoms. The number of rotatable bonds is 2. The van der Waals surface area contributed by atoms with Gasteiger partial charge in [0.15, 0.2) is 0 Å². The fourth-order valence-corrected chi connectivity index (χ4v) is 1.10. The molecular weight excluding hydrogens is 118 g/mol. The molecular formula is C6H13NO2. The summed E-state index contributed by atoms with van der Waals surface area (Å²) in [6.07, 6.45) is 1.09. The first-order chi connectivity index (χ1) is 4.29. The monoisotopic (exact) mass is 131 g/mol. The predicted octanol–water partition coefficient (Wildman–Crippen LogP) is 0.344. The number of ether oxygens (including phenoxy) is 1. The predicted molar refractivity (Wildman–Crippen MR) is 33.3 cm³/mol. The van der Waals surface area contributed by atoms with E-state index in [1.807, 2.05) is 0 Å². The fourth-order valence-electron chi connectivity index (χ4n) is 1.10. The van der Waals surface area contributed by atoms with Crippen LogP contribution in [0.25, 0.3) is 0 Å². The Hall–Kier alpha value is -0.120. The third kappa shape index (κ3) is 2.30. The van der Waals surface area contributed by atoms with E-state index in [-0.39, 0.29) is 0 Å². The van der Waals surface area contributed by atoms with E-state index in [0.29, 0.717) is 5.92 Å². The first-order valence-electron chi connectivity index (χ1n) is 3.27. The van der Waals surface area contributed by atoms with E-state index < -0.39 is 0 Å². The maximum Gasteiger partial charge on any atom is 0.0508 e. The van der Waals surface area contributed by atoms with Crippen LogP contribution in [0, 0.1) is 5.92 Å². The SMILES string of the molecule is CN(O)CC1CCOC1. The second kappa shape index (κ2) is 3.15. The lowest BCUT2D eigenvalue weighted by molar-refractivity contribution is -0.0762. The molecule has 0 bridgehead atoms. The minimum Gasteiger partial charge on any atom is -0.381 e. The summed E-state index contributed by atoms with van der Waals surface area (Å²) >= 11 is 0. The molecule has 1 rings (SSSR count). The quantitative estimate of drug-likeness (QED) is 0.549. The van der Waals surface area contributed by atoms with E-state index >= 15 is 0 Å². The minimum absolute atomic E-state index is 0.542. The Morgan fingerprint density at radius 3 is 3.00 bits per heavy atom. The Bertz CT molecular complexity index is 79.1. The summed E-state index contributed by atoms with van der Waals surface area (Å²) in [7, 11) is 1.66. The van der Waals surface area contributed by atoms with E-state index in [1.54, 1.807) is 7.05 Å². The highest BCUT2D eigenvalue weighted by Gasteiger charge is 2.16. The van der Waals surface area contributed by atoms with Crippen LogP contribution in [0.15, 0.2) is 0 Å². The molecule has 0 aromatic rings. The second-order valence-electron chi connectivity index (χ2n) is 2.57. The Morgan fingerprint density at radius 2 is 2.56 bits per heavy atom. The van der Waals surface area contributed by atoms with Gasteiger partial charge in [-0.25, -0.2) is 0 Å². The van der Waals surface area contributed by atoms with Crippen molar-refractivity contribution < 1.29 is 9.94 Å². The summed E-state index contributed by atoms with van der Waals surface area (Å²) in [5, 5.41) is 10.0. The maximum absolute atomic E-state index is 8.79. The fraction of sp³-hybridized carbons (Fsp3) is 1.00. The summed E-state index contributed by atoms with van der Waals surface area (Å²) in [6, 6.07) is 0. The number of hydrogen-bond acceptors (Lipinski definition) is 3. The normalized spacial score (nSPS) is 27.7. The molecule has 54 valence electrons. The zero-order valence-electron chi connectivity index (χ0n) is 5.71. The van der Waals surface area contributed by atoms with Gasteiger partial charge in [-0.3, -0.25) is 0 Å². The van der Waals surface area contributed by atoms with Crippen LogP contribution in [0.3, 0.4) is 0 Å². The minimum atomic E-state index is 0.542. The van der Waals surface area contributed by atoms with Crippen molar-refractivity contribution in [1.82, 2.24) is 5.06 Å². The average molecular weight is 131 g/mol. The highest BCUT2D eigenvalue weighted by atomic mass is 16.5. The molecule has 1 aliphatic heterocycles. The molecule has 1 fully saturated rings. The number of nitrogens with zero attached hydrogens (tertiary/aromatic N) is 1. The van der Waals surface area contributed by atoms with E-state index in [0.717, 1.165) is 26.2 Å². The van der Waals surface area contributed by atoms with E-state index in [2.05, 4.69) is 0 Å². The molecule has 1 N–H and O–H groups in total. The molecule has 3 heteroatoms. The molecule has 0 saturated carbocycles. The Labute approximate surface area is 55.2 Å². The highest BCUT2D eigenvalue weighted by Crippen LogP contribution is 2.11. The van der Waals surface area contributed by atoms with Crippen LogP contribution in [0.4, 0.5) is 0 Å². The topological polar surface area (TPSA) is 32.7 Å². The molecule has 0 aliphatic carbocycles. The van der Waals surface area contributed by atoms with Gasteiger partial charge in [0.1, 0.15) is 0 Å². The molecule has 0 amide bonds. The van der Waals surface area contributed by atoms with Gasteiger partial charge in [0, 0.05) is 20.2 Å². The number of hydroxylamine groups is 2. The lowest BCUT2D eigenvalue weighted by Gasteiger charge is -2.11. The van der Waals surface area contributed by atoms with E-state index in [4.69, 9.17) is 9.94 Å². The summed E-state index contributed by atoms with van der Waals surface area (Å²) in [6.45, 7) is 2.41. The largest absolute Gasteiger partial charge is 0.381 e. The molecule has 0 radical (unpaired) electrons. The van der Waals surface area contributed by atoms with Crippen molar-refractivity contribution in [1.29, 1.82) is 0 Å².